The topological polar surface area (TPSA) is 84.1 Å². The van der Waals surface area contributed by atoms with Crippen LogP contribution in [-0.2, 0) is 0 Å². The average molecular weight is 301 g/mol. The molecule has 0 aromatic carbocycles. The monoisotopic (exact) mass is 301 g/mol. The number of nitrogens with zero attached hydrogens (tertiary/aromatic N) is 5. The molecule has 1 amide bonds. The lowest BCUT2D eigenvalue weighted by Crippen LogP contribution is -2.48. The van der Waals surface area contributed by atoms with Crippen LogP contribution in [0.3, 0.4) is 0 Å². The zero-order chi connectivity index (χ0) is 15.7. The van der Waals surface area contributed by atoms with Crippen LogP contribution < -0.4 is 0 Å². The van der Waals surface area contributed by atoms with Gasteiger partial charge in [0, 0.05) is 12.7 Å². The van der Waals surface area contributed by atoms with Gasteiger partial charge >= 0.3 is 0 Å². The predicted octanol–water partition coefficient (Wildman–Crippen LogP) is 1.04. The van der Waals surface area contributed by atoms with Crippen LogP contribution in [0.15, 0.2) is 31.0 Å². The van der Waals surface area contributed by atoms with Crippen LogP contribution in [0.25, 0.3) is 5.82 Å². The number of rotatable bonds is 3. The van der Waals surface area contributed by atoms with E-state index in [0.717, 1.165) is 12.8 Å². The molecule has 0 saturated carbocycles. The Labute approximate surface area is 128 Å². The highest BCUT2D eigenvalue weighted by Gasteiger charge is 2.38. The fourth-order valence-electron chi connectivity index (χ4n) is 2.88. The van der Waals surface area contributed by atoms with E-state index in [1.165, 1.54) is 11.0 Å². The molecule has 0 spiro atoms. The Morgan fingerprint density at radius 1 is 1.41 bits per heavy atom. The molecule has 0 bridgehead atoms. The molecule has 1 atom stereocenters. The van der Waals surface area contributed by atoms with Gasteiger partial charge in [-0.3, -0.25) is 4.79 Å². The Bertz CT molecular complexity index is 646. The number of amides is 1. The fourth-order valence-corrected chi connectivity index (χ4v) is 2.88. The molecule has 1 aliphatic rings. The Balaban J connectivity index is 1.80. The molecule has 1 saturated heterocycles. The molecular formula is C15H19N5O2. The second-order valence-electron chi connectivity index (χ2n) is 6.06. The first-order chi connectivity index (χ1) is 10.5. The average Bonchev–Trinajstić information content (AvgIpc) is 3.17. The smallest absolute Gasteiger partial charge is 0.255 e. The van der Waals surface area contributed by atoms with E-state index in [1.807, 2.05) is 0 Å². The largest absolute Gasteiger partial charge is 0.388 e. The van der Waals surface area contributed by atoms with Crippen LogP contribution in [0.4, 0.5) is 0 Å². The van der Waals surface area contributed by atoms with Crippen molar-refractivity contribution < 1.29 is 9.90 Å². The van der Waals surface area contributed by atoms with Crippen molar-refractivity contribution in [3.8, 4) is 5.82 Å². The lowest BCUT2D eigenvalue weighted by Gasteiger charge is -2.33. The molecule has 7 nitrogen and oxygen atoms in total. The Morgan fingerprint density at radius 2 is 2.23 bits per heavy atom. The molecule has 22 heavy (non-hydrogen) atoms. The number of hydrogen-bond acceptors (Lipinski definition) is 5. The lowest BCUT2D eigenvalue weighted by atomic mass is 9.96. The van der Waals surface area contributed by atoms with Crippen molar-refractivity contribution >= 4 is 5.91 Å². The first kappa shape index (κ1) is 14.6. The molecule has 116 valence electrons. The number of aromatic nitrogens is 4. The van der Waals surface area contributed by atoms with Crippen LogP contribution in [0.2, 0.25) is 0 Å². The van der Waals surface area contributed by atoms with Gasteiger partial charge in [-0.25, -0.2) is 14.6 Å². The maximum absolute atomic E-state index is 12.6. The molecule has 1 aliphatic heterocycles. The predicted molar refractivity (Wildman–Crippen MR) is 79.5 cm³/mol. The normalized spacial score (nSPS) is 18.7. The molecule has 7 heteroatoms. The summed E-state index contributed by atoms with van der Waals surface area (Å²) in [4.78, 5) is 22.5. The van der Waals surface area contributed by atoms with Crippen LogP contribution in [0.1, 0.15) is 37.0 Å². The van der Waals surface area contributed by atoms with Crippen molar-refractivity contribution in [1.82, 2.24) is 24.6 Å². The quantitative estimate of drug-likeness (QED) is 0.915. The summed E-state index contributed by atoms with van der Waals surface area (Å²) in [6, 6.07) is 3.30. The Hall–Kier alpha value is -2.28. The third kappa shape index (κ3) is 2.71. The summed E-state index contributed by atoms with van der Waals surface area (Å²) in [5, 5.41) is 14.2. The summed E-state index contributed by atoms with van der Waals surface area (Å²) >= 11 is 0. The minimum Gasteiger partial charge on any atom is -0.388 e. The minimum atomic E-state index is -0.903. The number of pyridine rings is 1. The van der Waals surface area contributed by atoms with Gasteiger partial charge in [0.15, 0.2) is 5.82 Å². The lowest BCUT2D eigenvalue weighted by molar-refractivity contribution is 0.000319. The minimum absolute atomic E-state index is 0.0951. The van der Waals surface area contributed by atoms with Gasteiger partial charge in [0.05, 0.1) is 17.2 Å². The number of carbonyl (C=O) groups excluding carboxylic acids is 1. The first-order valence-electron chi connectivity index (χ1n) is 7.31. The number of likely N-dealkylation sites (tertiary alicyclic amines) is 1. The maximum Gasteiger partial charge on any atom is 0.255 e. The molecule has 1 unspecified atom stereocenters. The Kier molecular flexibility index (Phi) is 3.66. The third-order valence-electron chi connectivity index (χ3n) is 3.98. The molecule has 1 fully saturated rings. The van der Waals surface area contributed by atoms with E-state index < -0.39 is 5.60 Å². The van der Waals surface area contributed by atoms with Gasteiger partial charge in [0.2, 0.25) is 0 Å². The van der Waals surface area contributed by atoms with Crippen molar-refractivity contribution in [2.24, 2.45) is 0 Å². The SMILES string of the molecule is CC(C)(O)C1CCCN1C(=O)c1ccc(-n2cncn2)nc1. The summed E-state index contributed by atoms with van der Waals surface area (Å²) < 4.78 is 1.53. The molecule has 0 aliphatic carbocycles. The third-order valence-corrected chi connectivity index (χ3v) is 3.98. The molecule has 0 radical (unpaired) electrons. The molecule has 3 heterocycles. The van der Waals surface area contributed by atoms with E-state index in [2.05, 4.69) is 15.1 Å². The van der Waals surface area contributed by atoms with Gasteiger partial charge in [-0.2, -0.15) is 5.10 Å². The van der Waals surface area contributed by atoms with Gasteiger partial charge in [-0.05, 0) is 38.8 Å². The molecule has 2 aromatic rings. The number of hydrogen-bond donors (Lipinski definition) is 1. The zero-order valence-corrected chi connectivity index (χ0v) is 12.7. The second kappa shape index (κ2) is 5.49. The van der Waals surface area contributed by atoms with Crippen molar-refractivity contribution in [2.75, 3.05) is 6.54 Å². The summed E-state index contributed by atoms with van der Waals surface area (Å²) in [5.41, 5.74) is -0.389. The van der Waals surface area contributed by atoms with Crippen LogP contribution in [0, 0.1) is 0 Å². The number of aliphatic hydroxyl groups is 1. The van der Waals surface area contributed by atoms with Crippen LogP contribution in [0.5, 0.6) is 0 Å². The van der Waals surface area contributed by atoms with E-state index in [1.54, 1.807) is 43.4 Å². The summed E-state index contributed by atoms with van der Waals surface area (Å²) in [7, 11) is 0. The summed E-state index contributed by atoms with van der Waals surface area (Å²) in [6.45, 7) is 4.16. The van der Waals surface area contributed by atoms with Gasteiger partial charge in [-0.1, -0.05) is 0 Å². The number of carbonyl (C=O) groups is 1. The van der Waals surface area contributed by atoms with E-state index in [4.69, 9.17) is 0 Å². The fraction of sp³-hybridized carbons (Fsp3) is 0.467. The summed E-state index contributed by atoms with van der Waals surface area (Å²) in [6.07, 6.45) is 6.25. The van der Waals surface area contributed by atoms with Crippen LogP contribution >= 0.6 is 0 Å². The maximum atomic E-state index is 12.6. The van der Waals surface area contributed by atoms with Crippen molar-refractivity contribution in [2.45, 2.75) is 38.3 Å². The highest BCUT2D eigenvalue weighted by atomic mass is 16.3. The molecule has 1 N–H and O–H groups in total. The van der Waals surface area contributed by atoms with E-state index in [-0.39, 0.29) is 11.9 Å². The van der Waals surface area contributed by atoms with E-state index in [0.29, 0.717) is 17.9 Å². The van der Waals surface area contributed by atoms with Crippen molar-refractivity contribution in [3.05, 3.63) is 36.5 Å². The van der Waals surface area contributed by atoms with Gasteiger partial charge < -0.3 is 10.0 Å². The highest BCUT2D eigenvalue weighted by molar-refractivity contribution is 5.94. The van der Waals surface area contributed by atoms with Gasteiger partial charge in [-0.15, -0.1) is 0 Å². The zero-order valence-electron chi connectivity index (χ0n) is 12.7. The molecule has 2 aromatic heterocycles. The molecule has 3 rings (SSSR count). The standard InChI is InChI=1S/C15H19N5O2/c1-15(2,22)12-4-3-7-19(12)14(21)11-5-6-13(17-8-11)20-10-16-9-18-20/h5-6,8-10,12,22H,3-4,7H2,1-2H3. The van der Waals surface area contributed by atoms with Gasteiger partial charge in [0.25, 0.3) is 5.91 Å². The first-order valence-corrected chi connectivity index (χ1v) is 7.31. The van der Waals surface area contributed by atoms with E-state index >= 15 is 0 Å². The van der Waals surface area contributed by atoms with E-state index in [9.17, 15) is 9.90 Å². The second-order valence-corrected chi connectivity index (χ2v) is 6.06. The molecular weight excluding hydrogens is 282 g/mol. The van der Waals surface area contributed by atoms with Crippen LogP contribution in [-0.4, -0.2) is 53.8 Å². The van der Waals surface area contributed by atoms with Crippen molar-refractivity contribution in [1.29, 1.82) is 0 Å². The summed E-state index contributed by atoms with van der Waals surface area (Å²) in [5.74, 6) is 0.511. The van der Waals surface area contributed by atoms with Gasteiger partial charge in [0.1, 0.15) is 12.7 Å². The van der Waals surface area contributed by atoms with Crippen molar-refractivity contribution in [3.63, 3.8) is 0 Å². The Morgan fingerprint density at radius 3 is 2.82 bits per heavy atom. The highest BCUT2D eigenvalue weighted by Crippen LogP contribution is 2.28.